The third-order valence-electron chi connectivity index (χ3n) is 0. The van der Waals surface area contributed by atoms with Gasteiger partial charge in [0.1, 0.15) is 0 Å². The quantitative estimate of drug-likeness (QED) is 0.339. The molecule has 0 amide bonds. The second-order valence-electron chi connectivity index (χ2n) is 0.250. The molecular weight excluding hydrogens is 168 g/mol. The normalized spacial score (nSPS) is 3.00. The fourth-order valence-electron chi connectivity index (χ4n) is 0. The SMILES string of the molecule is O=C([O-])[O-].[K+].[K+].[LiH].[NaH]. The van der Waals surface area contributed by atoms with Gasteiger partial charge in [0.15, 0.2) is 0 Å². The molecule has 0 rings (SSSR count). The molecule has 0 N–H and O–H groups in total. The summed E-state index contributed by atoms with van der Waals surface area (Å²) in [4.78, 5) is 8.33. The molecule has 8 heavy (non-hydrogen) atoms. The van der Waals surface area contributed by atoms with E-state index in [-0.39, 0.29) is 151 Å². The fraction of sp³-hybridized carbons (Fsp3) is 0. The van der Waals surface area contributed by atoms with Crippen LogP contribution in [0, 0.1) is 0 Å². The summed E-state index contributed by atoms with van der Waals surface area (Å²) in [5.41, 5.74) is 0. The topological polar surface area (TPSA) is 63.2 Å². The van der Waals surface area contributed by atoms with Crippen LogP contribution in [0.3, 0.4) is 0 Å². The summed E-state index contributed by atoms with van der Waals surface area (Å²) >= 11 is 0. The number of hydrogen-bond donors (Lipinski definition) is 0. The number of carboxylic acid groups (broad SMARTS) is 2. The molecule has 0 aromatic carbocycles. The van der Waals surface area contributed by atoms with Gasteiger partial charge in [-0.15, -0.1) is 0 Å². The molecule has 0 aliphatic heterocycles. The van der Waals surface area contributed by atoms with Crippen molar-refractivity contribution in [2.75, 3.05) is 0 Å². The van der Waals surface area contributed by atoms with Gasteiger partial charge < -0.3 is 15.0 Å². The predicted molar refractivity (Wildman–Crippen MR) is 19.7 cm³/mol. The number of carbonyl (C=O) groups is 1. The first-order chi connectivity index (χ1) is 1.73. The van der Waals surface area contributed by atoms with Crippen LogP contribution in [0.15, 0.2) is 0 Å². The predicted octanol–water partition coefficient (Wildman–Crippen LogP) is -9.74. The van der Waals surface area contributed by atoms with Crippen LogP contribution < -0.4 is 113 Å². The fourth-order valence-corrected chi connectivity index (χ4v) is 0. The number of carbonyl (C=O) groups excluding carboxylic acids is 1. The molecule has 0 aliphatic rings. The molecule has 0 spiro atoms. The zero-order valence-electron chi connectivity index (χ0n) is 3.72. The Balaban J connectivity index is -0.00000000750. The zero-order chi connectivity index (χ0) is 3.58. The number of hydrogen-bond acceptors (Lipinski definition) is 3. The first kappa shape index (κ1) is 29.6. The summed E-state index contributed by atoms with van der Waals surface area (Å²) in [6, 6.07) is 0. The maximum absolute atomic E-state index is 8.33. The van der Waals surface area contributed by atoms with Crippen LogP contribution in [0.2, 0.25) is 0 Å². The Bertz CT molecular complexity index is 40.3. The second-order valence-corrected chi connectivity index (χ2v) is 0.250. The Morgan fingerprint density at radius 1 is 1.12 bits per heavy atom. The molecule has 0 radical (unpaired) electrons. The van der Waals surface area contributed by atoms with Crippen LogP contribution >= 0.6 is 0 Å². The van der Waals surface area contributed by atoms with Crippen molar-refractivity contribution in [2.24, 2.45) is 0 Å². The Labute approximate surface area is 167 Å². The van der Waals surface area contributed by atoms with E-state index >= 15 is 0 Å². The van der Waals surface area contributed by atoms with E-state index in [0.717, 1.165) is 0 Å². The van der Waals surface area contributed by atoms with Gasteiger partial charge in [-0.05, 0) is 6.16 Å². The van der Waals surface area contributed by atoms with E-state index in [0.29, 0.717) is 0 Å². The van der Waals surface area contributed by atoms with Gasteiger partial charge >= 0.3 is 151 Å². The first-order valence-corrected chi connectivity index (χ1v) is 0.612. The Kier molecular flexibility index (Phi) is 83.0. The van der Waals surface area contributed by atoms with Crippen molar-refractivity contribution in [3.05, 3.63) is 0 Å². The van der Waals surface area contributed by atoms with E-state index in [1.165, 1.54) is 0 Å². The van der Waals surface area contributed by atoms with E-state index in [9.17, 15) is 0 Å². The third kappa shape index (κ3) is 49.4. The summed E-state index contributed by atoms with van der Waals surface area (Å²) in [6.07, 6.45) is -2.33. The molecule has 0 saturated heterocycles. The van der Waals surface area contributed by atoms with Crippen molar-refractivity contribution in [3.8, 4) is 0 Å². The molecule has 28 valence electrons. The van der Waals surface area contributed by atoms with Gasteiger partial charge in [-0.1, -0.05) is 0 Å². The van der Waals surface area contributed by atoms with Gasteiger partial charge in [-0.25, -0.2) is 0 Å². The first-order valence-electron chi connectivity index (χ1n) is 0.612. The van der Waals surface area contributed by atoms with Gasteiger partial charge in [-0.3, -0.25) is 0 Å². The Morgan fingerprint density at radius 2 is 1.12 bits per heavy atom. The maximum atomic E-state index is 8.33. The van der Waals surface area contributed by atoms with Crippen molar-refractivity contribution in [3.63, 3.8) is 0 Å². The summed E-state index contributed by atoms with van der Waals surface area (Å²) in [5, 5.41) is 16.7. The Hall–Kier alpha value is 4.14. The average Bonchev–Trinajstić information content (AvgIpc) is 0.811. The molecule has 0 bridgehead atoms. The molecule has 0 aromatic heterocycles. The van der Waals surface area contributed by atoms with Crippen LogP contribution in [0.5, 0.6) is 0 Å². The third-order valence-corrected chi connectivity index (χ3v) is 0. The monoisotopic (exact) mass is 170 g/mol. The van der Waals surface area contributed by atoms with E-state index in [4.69, 9.17) is 15.0 Å². The van der Waals surface area contributed by atoms with Gasteiger partial charge in [0, 0.05) is 0 Å². The molecule has 0 heterocycles. The van der Waals surface area contributed by atoms with Gasteiger partial charge in [0.25, 0.3) is 0 Å². The Morgan fingerprint density at radius 3 is 1.12 bits per heavy atom. The van der Waals surface area contributed by atoms with Gasteiger partial charge in [0.2, 0.25) is 0 Å². The molecule has 3 nitrogen and oxygen atoms in total. The second kappa shape index (κ2) is 22.5. The van der Waals surface area contributed by atoms with Crippen molar-refractivity contribution >= 4 is 54.6 Å². The van der Waals surface area contributed by atoms with Crippen molar-refractivity contribution < 1.29 is 118 Å². The molecule has 0 unspecified atom stereocenters. The van der Waals surface area contributed by atoms with Crippen molar-refractivity contribution in [2.45, 2.75) is 0 Å². The van der Waals surface area contributed by atoms with Crippen LogP contribution in [0.4, 0.5) is 4.79 Å². The summed E-state index contributed by atoms with van der Waals surface area (Å²) in [6.45, 7) is 0. The molecule has 0 atom stereocenters. The van der Waals surface area contributed by atoms with E-state index in [1.807, 2.05) is 0 Å². The van der Waals surface area contributed by atoms with Crippen LogP contribution in [-0.4, -0.2) is 54.6 Å². The number of rotatable bonds is 0. The molecule has 0 aliphatic carbocycles. The molecule has 7 heteroatoms. The van der Waals surface area contributed by atoms with E-state index < -0.39 is 6.16 Å². The molecule has 0 fully saturated rings. The summed E-state index contributed by atoms with van der Waals surface area (Å²) in [7, 11) is 0. The minimum absolute atomic E-state index is 0. The summed E-state index contributed by atoms with van der Waals surface area (Å²) < 4.78 is 0. The van der Waals surface area contributed by atoms with E-state index in [1.54, 1.807) is 0 Å². The zero-order valence-corrected chi connectivity index (χ0v) is 9.97. The van der Waals surface area contributed by atoms with Gasteiger partial charge in [0.05, 0.1) is 0 Å². The standard InChI is InChI=1S/CH2O3.2K.Li.Na.2H/c2-1(3)4;;;;;;/h(H2,2,3,4);;;;;;/q;2*+1;;;;/p-2. The van der Waals surface area contributed by atoms with Crippen molar-refractivity contribution in [1.29, 1.82) is 0 Å². The van der Waals surface area contributed by atoms with Crippen LogP contribution in [0.1, 0.15) is 0 Å². The average molecular weight is 170 g/mol. The molecule has 0 saturated carbocycles. The van der Waals surface area contributed by atoms with E-state index in [2.05, 4.69) is 0 Å². The molecule has 0 aromatic rings. The summed E-state index contributed by atoms with van der Waals surface area (Å²) in [5.74, 6) is 0. The van der Waals surface area contributed by atoms with Gasteiger partial charge in [-0.2, -0.15) is 0 Å². The van der Waals surface area contributed by atoms with Crippen LogP contribution in [-0.2, 0) is 0 Å². The molecular formula is CH2K2LiNaO3. The van der Waals surface area contributed by atoms with Crippen molar-refractivity contribution in [1.82, 2.24) is 0 Å². The minimum atomic E-state index is -2.33. The van der Waals surface area contributed by atoms with Crippen LogP contribution in [0.25, 0.3) is 0 Å².